The molecule has 0 aliphatic carbocycles. The number of likely N-dealkylation sites (tertiary alicyclic amines) is 1. The number of aromatic nitrogens is 3. The number of benzene rings is 1. The lowest BCUT2D eigenvalue weighted by atomic mass is 9.83. The summed E-state index contributed by atoms with van der Waals surface area (Å²) in [4.78, 5) is 27.9. The first-order valence-corrected chi connectivity index (χ1v) is 13.0. The van der Waals surface area contributed by atoms with Crippen molar-refractivity contribution in [1.29, 1.82) is 0 Å². The van der Waals surface area contributed by atoms with E-state index in [0.29, 0.717) is 18.3 Å². The number of nitrogen functional groups attached to an aromatic ring is 1. The van der Waals surface area contributed by atoms with Gasteiger partial charge in [0.15, 0.2) is 0 Å². The van der Waals surface area contributed by atoms with E-state index in [1.807, 2.05) is 37.8 Å². The minimum Gasteiger partial charge on any atom is -0.444 e. The average Bonchev–Trinajstić information content (AvgIpc) is 3.39. The summed E-state index contributed by atoms with van der Waals surface area (Å²) in [5.74, 6) is 0.827. The maximum Gasteiger partial charge on any atom is 0.410 e. The molecule has 8 heteroatoms. The fourth-order valence-corrected chi connectivity index (χ4v) is 5.34. The number of carbonyl (C=O) groups is 1. The SMILES string of the molecule is CC(C)(C)OC(=O)N1CCC[C@H]1c1cc(-c2cnc(N)c(-c3ccncn3)c2)ccc1C1CCOCC1. The van der Waals surface area contributed by atoms with Crippen LogP contribution in [0.1, 0.15) is 69.5 Å². The molecule has 0 saturated carbocycles. The van der Waals surface area contributed by atoms with E-state index in [4.69, 9.17) is 15.2 Å². The summed E-state index contributed by atoms with van der Waals surface area (Å²) in [6, 6.07) is 10.4. The van der Waals surface area contributed by atoms with E-state index in [1.54, 1.807) is 12.4 Å². The van der Waals surface area contributed by atoms with Crippen LogP contribution in [0.4, 0.5) is 10.6 Å². The third-order valence-corrected chi connectivity index (χ3v) is 7.10. The van der Waals surface area contributed by atoms with Gasteiger partial charge in [-0.05, 0) is 87.3 Å². The maximum atomic E-state index is 13.2. The van der Waals surface area contributed by atoms with Crippen molar-refractivity contribution in [2.45, 2.75) is 64.0 Å². The summed E-state index contributed by atoms with van der Waals surface area (Å²) in [7, 11) is 0. The molecule has 0 bridgehead atoms. The molecule has 2 aliphatic rings. The first-order valence-electron chi connectivity index (χ1n) is 13.0. The van der Waals surface area contributed by atoms with E-state index in [2.05, 4.69) is 33.2 Å². The van der Waals surface area contributed by atoms with E-state index >= 15 is 0 Å². The monoisotopic (exact) mass is 501 g/mol. The molecule has 0 spiro atoms. The van der Waals surface area contributed by atoms with Crippen molar-refractivity contribution in [3.63, 3.8) is 0 Å². The second-order valence-corrected chi connectivity index (χ2v) is 10.8. The lowest BCUT2D eigenvalue weighted by Crippen LogP contribution is -2.36. The summed E-state index contributed by atoms with van der Waals surface area (Å²) in [5.41, 5.74) is 11.6. The van der Waals surface area contributed by atoms with Crippen molar-refractivity contribution in [2.75, 3.05) is 25.5 Å². The topological polar surface area (TPSA) is 103 Å². The summed E-state index contributed by atoms with van der Waals surface area (Å²) < 4.78 is 11.4. The zero-order chi connectivity index (χ0) is 26.0. The van der Waals surface area contributed by atoms with Gasteiger partial charge in [0.2, 0.25) is 0 Å². The van der Waals surface area contributed by atoms with E-state index in [0.717, 1.165) is 61.3 Å². The Bertz CT molecular complexity index is 1250. The van der Waals surface area contributed by atoms with E-state index in [-0.39, 0.29) is 12.1 Å². The summed E-state index contributed by atoms with van der Waals surface area (Å²) in [5, 5.41) is 0. The van der Waals surface area contributed by atoms with Crippen molar-refractivity contribution < 1.29 is 14.3 Å². The second-order valence-electron chi connectivity index (χ2n) is 10.8. The highest BCUT2D eigenvalue weighted by Crippen LogP contribution is 2.41. The standard InChI is InChI=1S/C29H35N5O3/c1-29(2,3)37-28(35)34-12-4-5-26(34)23-15-20(6-7-22(23)19-9-13-36-14-10-19)21-16-24(27(30)32-17-21)25-8-11-31-18-33-25/h6-8,11,15-19,26H,4-5,9-10,12-14H2,1-3H3,(H2,30,32)/t26-/m0/s1. The van der Waals surface area contributed by atoms with E-state index < -0.39 is 5.60 Å². The number of hydrogen-bond donors (Lipinski definition) is 1. The van der Waals surface area contributed by atoms with Gasteiger partial charge in [0.05, 0.1) is 11.7 Å². The van der Waals surface area contributed by atoms with Gasteiger partial charge in [-0.15, -0.1) is 0 Å². The molecule has 2 N–H and O–H groups in total. The predicted octanol–water partition coefficient (Wildman–Crippen LogP) is 5.75. The van der Waals surface area contributed by atoms with Crippen LogP contribution >= 0.6 is 0 Å². The minimum absolute atomic E-state index is 0.0317. The molecule has 2 aliphatic heterocycles. The zero-order valence-electron chi connectivity index (χ0n) is 21.8. The number of amides is 1. The predicted molar refractivity (Wildman–Crippen MR) is 143 cm³/mol. The molecule has 0 radical (unpaired) electrons. The van der Waals surface area contributed by atoms with Crippen LogP contribution in [0, 0.1) is 0 Å². The molecular formula is C29H35N5O3. The van der Waals surface area contributed by atoms with Crippen LogP contribution < -0.4 is 5.73 Å². The average molecular weight is 502 g/mol. The Morgan fingerprint density at radius 2 is 1.86 bits per heavy atom. The van der Waals surface area contributed by atoms with E-state index in [9.17, 15) is 4.79 Å². The van der Waals surface area contributed by atoms with Crippen LogP contribution in [0.3, 0.4) is 0 Å². The highest BCUT2D eigenvalue weighted by Gasteiger charge is 2.35. The largest absolute Gasteiger partial charge is 0.444 e. The normalized spacial score (nSPS) is 18.7. The quantitative estimate of drug-likeness (QED) is 0.485. The number of ether oxygens (including phenoxy) is 2. The number of hydrogen-bond acceptors (Lipinski definition) is 7. The van der Waals surface area contributed by atoms with Crippen molar-refractivity contribution in [2.24, 2.45) is 0 Å². The highest BCUT2D eigenvalue weighted by molar-refractivity contribution is 5.78. The van der Waals surface area contributed by atoms with Gasteiger partial charge in [-0.1, -0.05) is 12.1 Å². The van der Waals surface area contributed by atoms with Crippen LogP contribution in [0.15, 0.2) is 49.1 Å². The fraction of sp³-hybridized carbons (Fsp3) is 0.448. The maximum absolute atomic E-state index is 13.2. The molecule has 1 amide bonds. The van der Waals surface area contributed by atoms with Crippen LogP contribution in [-0.4, -0.2) is 51.3 Å². The van der Waals surface area contributed by atoms with Crippen LogP contribution in [0.2, 0.25) is 0 Å². The summed E-state index contributed by atoms with van der Waals surface area (Å²) in [6.07, 6.45) is 8.56. The van der Waals surface area contributed by atoms with Gasteiger partial charge >= 0.3 is 6.09 Å². The van der Waals surface area contributed by atoms with Gasteiger partial charge in [0, 0.05) is 43.3 Å². The third-order valence-electron chi connectivity index (χ3n) is 7.10. The Kier molecular flexibility index (Phi) is 7.11. The molecule has 0 unspecified atom stereocenters. The van der Waals surface area contributed by atoms with Crippen LogP contribution in [0.5, 0.6) is 0 Å². The van der Waals surface area contributed by atoms with Crippen molar-refractivity contribution in [3.8, 4) is 22.4 Å². The molecule has 5 rings (SSSR count). The fourth-order valence-electron chi connectivity index (χ4n) is 5.34. The lowest BCUT2D eigenvalue weighted by Gasteiger charge is -2.32. The van der Waals surface area contributed by atoms with Gasteiger partial charge in [-0.25, -0.2) is 19.7 Å². The number of rotatable bonds is 4. The Hall–Kier alpha value is -3.52. The van der Waals surface area contributed by atoms with Crippen LogP contribution in [-0.2, 0) is 9.47 Å². The molecule has 1 atom stereocenters. The van der Waals surface area contributed by atoms with Crippen molar-refractivity contribution in [1.82, 2.24) is 19.9 Å². The Morgan fingerprint density at radius 3 is 2.59 bits per heavy atom. The smallest absolute Gasteiger partial charge is 0.410 e. The zero-order valence-corrected chi connectivity index (χ0v) is 21.8. The first-order chi connectivity index (χ1) is 17.8. The Morgan fingerprint density at radius 1 is 1.05 bits per heavy atom. The van der Waals surface area contributed by atoms with Gasteiger partial charge in [-0.3, -0.25) is 0 Å². The van der Waals surface area contributed by atoms with Crippen molar-refractivity contribution >= 4 is 11.9 Å². The summed E-state index contributed by atoms with van der Waals surface area (Å²) in [6.45, 7) is 7.94. The lowest BCUT2D eigenvalue weighted by molar-refractivity contribution is 0.0222. The van der Waals surface area contributed by atoms with Gasteiger partial charge in [-0.2, -0.15) is 0 Å². The molecule has 194 valence electrons. The van der Waals surface area contributed by atoms with Gasteiger partial charge in [0.25, 0.3) is 0 Å². The molecule has 37 heavy (non-hydrogen) atoms. The number of pyridine rings is 1. The van der Waals surface area contributed by atoms with Gasteiger partial charge in [0.1, 0.15) is 17.7 Å². The molecule has 4 heterocycles. The molecule has 2 aromatic heterocycles. The number of anilines is 1. The molecule has 8 nitrogen and oxygen atoms in total. The number of carbonyl (C=O) groups excluding carboxylic acids is 1. The van der Waals surface area contributed by atoms with E-state index in [1.165, 1.54) is 17.5 Å². The van der Waals surface area contributed by atoms with Gasteiger partial charge < -0.3 is 20.1 Å². The second kappa shape index (κ2) is 10.5. The molecule has 1 aromatic carbocycles. The molecule has 2 saturated heterocycles. The molecule has 3 aromatic rings. The first kappa shape index (κ1) is 25.1. The Balaban J connectivity index is 1.56. The third kappa shape index (κ3) is 5.59. The number of nitrogens with two attached hydrogens (primary N) is 1. The molecular weight excluding hydrogens is 466 g/mol. The van der Waals surface area contributed by atoms with Crippen molar-refractivity contribution in [3.05, 3.63) is 60.2 Å². The minimum atomic E-state index is -0.539. The number of nitrogens with zero attached hydrogens (tertiary/aromatic N) is 4. The van der Waals surface area contributed by atoms with Crippen LogP contribution in [0.25, 0.3) is 22.4 Å². The highest BCUT2D eigenvalue weighted by atomic mass is 16.6. The summed E-state index contributed by atoms with van der Waals surface area (Å²) >= 11 is 0. The Labute approximate surface area is 218 Å². The molecule has 2 fully saturated rings.